The lowest BCUT2D eigenvalue weighted by Gasteiger charge is -2.11. The van der Waals surface area contributed by atoms with Crippen molar-refractivity contribution in [3.63, 3.8) is 0 Å². The molecule has 1 N–H and O–H groups in total. The highest BCUT2D eigenvalue weighted by Gasteiger charge is 2.04. The molecule has 0 aliphatic heterocycles. The highest BCUT2D eigenvalue weighted by molar-refractivity contribution is 5.72. The van der Waals surface area contributed by atoms with Crippen LogP contribution < -0.4 is 0 Å². The van der Waals surface area contributed by atoms with Gasteiger partial charge in [0.1, 0.15) is 0 Å². The van der Waals surface area contributed by atoms with Crippen LogP contribution in [0.4, 0.5) is 0 Å². The average molecular weight is 167 g/mol. The van der Waals surface area contributed by atoms with E-state index in [1.807, 2.05) is 13.0 Å². The summed E-state index contributed by atoms with van der Waals surface area (Å²) in [6.45, 7) is 4.05. The summed E-state index contributed by atoms with van der Waals surface area (Å²) < 4.78 is 0. The molecular formula is C8H13N3O. The molecule has 1 amide bonds. The van der Waals surface area contributed by atoms with Crippen LogP contribution in [0.15, 0.2) is 6.07 Å². The first-order valence-electron chi connectivity index (χ1n) is 3.82. The Kier molecular flexibility index (Phi) is 2.47. The lowest BCUT2D eigenvalue weighted by atomic mass is 10.3. The van der Waals surface area contributed by atoms with E-state index in [9.17, 15) is 4.79 Å². The molecule has 0 aliphatic rings. The fourth-order valence-corrected chi connectivity index (χ4v) is 0.910. The number of carbonyl (C=O) groups excluding carboxylic acids is 1. The third kappa shape index (κ3) is 2.08. The van der Waals surface area contributed by atoms with Gasteiger partial charge in [-0.1, -0.05) is 0 Å². The fraction of sp³-hybridized carbons (Fsp3) is 0.500. The summed E-state index contributed by atoms with van der Waals surface area (Å²) in [6.07, 6.45) is 0. The van der Waals surface area contributed by atoms with Crippen LogP contribution in [0.1, 0.15) is 18.3 Å². The van der Waals surface area contributed by atoms with E-state index in [2.05, 4.69) is 10.2 Å². The number of nitrogens with zero attached hydrogens (tertiary/aromatic N) is 2. The summed E-state index contributed by atoms with van der Waals surface area (Å²) in [6, 6.07) is 1.93. The Bertz CT molecular complexity index is 280. The molecule has 0 aromatic carbocycles. The van der Waals surface area contributed by atoms with Crippen molar-refractivity contribution in [3.8, 4) is 0 Å². The number of aromatic nitrogens is 2. The normalized spacial score (nSPS) is 9.92. The maximum Gasteiger partial charge on any atom is 0.219 e. The zero-order chi connectivity index (χ0) is 9.14. The Morgan fingerprint density at radius 2 is 2.42 bits per heavy atom. The predicted octanol–water partition coefficient (Wildman–Crippen LogP) is 0.696. The highest BCUT2D eigenvalue weighted by Crippen LogP contribution is 2.01. The molecule has 1 rings (SSSR count). The van der Waals surface area contributed by atoms with E-state index in [1.54, 1.807) is 18.9 Å². The van der Waals surface area contributed by atoms with E-state index < -0.39 is 0 Å². The van der Waals surface area contributed by atoms with Crippen molar-refractivity contribution >= 4 is 5.91 Å². The summed E-state index contributed by atoms with van der Waals surface area (Å²) >= 11 is 0. The summed E-state index contributed by atoms with van der Waals surface area (Å²) in [5.74, 6) is 0.0515. The SMILES string of the molecule is CC(=O)N(C)Cc1cc(C)[nH]n1. The second-order valence-electron chi connectivity index (χ2n) is 2.92. The Hall–Kier alpha value is -1.32. The highest BCUT2D eigenvalue weighted by atomic mass is 16.2. The number of aryl methyl sites for hydroxylation is 1. The van der Waals surface area contributed by atoms with Crippen molar-refractivity contribution < 1.29 is 4.79 Å². The number of amides is 1. The van der Waals surface area contributed by atoms with Gasteiger partial charge in [-0.3, -0.25) is 9.89 Å². The molecule has 0 aliphatic carbocycles. The molecule has 66 valence electrons. The van der Waals surface area contributed by atoms with E-state index in [1.165, 1.54) is 0 Å². The van der Waals surface area contributed by atoms with Gasteiger partial charge in [0.05, 0.1) is 12.2 Å². The molecule has 1 aromatic heterocycles. The van der Waals surface area contributed by atoms with Crippen LogP contribution in [0.25, 0.3) is 0 Å². The number of hydrogen-bond donors (Lipinski definition) is 1. The van der Waals surface area contributed by atoms with Gasteiger partial charge < -0.3 is 4.90 Å². The van der Waals surface area contributed by atoms with Gasteiger partial charge in [-0.2, -0.15) is 5.10 Å². The summed E-state index contributed by atoms with van der Waals surface area (Å²) in [5.41, 5.74) is 1.91. The van der Waals surface area contributed by atoms with E-state index in [0.717, 1.165) is 11.4 Å². The first-order chi connectivity index (χ1) is 5.59. The van der Waals surface area contributed by atoms with Crippen LogP contribution in [-0.4, -0.2) is 28.1 Å². The summed E-state index contributed by atoms with van der Waals surface area (Å²) in [4.78, 5) is 12.5. The maximum atomic E-state index is 10.8. The third-order valence-electron chi connectivity index (χ3n) is 1.70. The fourth-order valence-electron chi connectivity index (χ4n) is 0.910. The van der Waals surface area contributed by atoms with Crippen LogP contribution >= 0.6 is 0 Å². The van der Waals surface area contributed by atoms with Crippen molar-refractivity contribution in [1.82, 2.24) is 15.1 Å². The maximum absolute atomic E-state index is 10.8. The topological polar surface area (TPSA) is 49.0 Å². The van der Waals surface area contributed by atoms with Crippen LogP contribution in [-0.2, 0) is 11.3 Å². The van der Waals surface area contributed by atoms with Gasteiger partial charge in [-0.05, 0) is 13.0 Å². The smallest absolute Gasteiger partial charge is 0.219 e. The predicted molar refractivity (Wildman–Crippen MR) is 45.5 cm³/mol. The minimum Gasteiger partial charge on any atom is -0.340 e. The second-order valence-corrected chi connectivity index (χ2v) is 2.92. The van der Waals surface area contributed by atoms with Crippen LogP contribution in [0.3, 0.4) is 0 Å². The molecule has 0 unspecified atom stereocenters. The van der Waals surface area contributed by atoms with Crippen LogP contribution in [0.5, 0.6) is 0 Å². The average Bonchev–Trinajstić information content (AvgIpc) is 2.35. The quantitative estimate of drug-likeness (QED) is 0.704. The van der Waals surface area contributed by atoms with E-state index in [4.69, 9.17) is 0 Å². The van der Waals surface area contributed by atoms with Gasteiger partial charge >= 0.3 is 0 Å². The summed E-state index contributed by atoms with van der Waals surface area (Å²) in [7, 11) is 1.76. The van der Waals surface area contributed by atoms with Gasteiger partial charge in [0, 0.05) is 19.7 Å². The number of aromatic amines is 1. The minimum atomic E-state index is 0.0515. The molecule has 12 heavy (non-hydrogen) atoms. The van der Waals surface area contributed by atoms with Gasteiger partial charge in [-0.25, -0.2) is 0 Å². The van der Waals surface area contributed by atoms with Crippen LogP contribution in [0.2, 0.25) is 0 Å². The molecule has 0 saturated heterocycles. The first kappa shape index (κ1) is 8.77. The van der Waals surface area contributed by atoms with E-state index >= 15 is 0 Å². The molecule has 1 heterocycles. The number of H-pyrrole nitrogens is 1. The minimum absolute atomic E-state index is 0.0515. The monoisotopic (exact) mass is 167 g/mol. The molecule has 0 radical (unpaired) electrons. The molecule has 0 spiro atoms. The lowest BCUT2D eigenvalue weighted by molar-refractivity contribution is -0.128. The Balaban J connectivity index is 2.58. The zero-order valence-corrected chi connectivity index (χ0v) is 7.59. The molecular weight excluding hydrogens is 154 g/mol. The van der Waals surface area contributed by atoms with Gasteiger partial charge in [0.25, 0.3) is 0 Å². The van der Waals surface area contributed by atoms with Gasteiger partial charge in [0.2, 0.25) is 5.91 Å². The Morgan fingerprint density at radius 1 is 1.75 bits per heavy atom. The number of hydrogen-bond acceptors (Lipinski definition) is 2. The Labute approximate surface area is 71.6 Å². The van der Waals surface area contributed by atoms with Crippen LogP contribution in [0, 0.1) is 6.92 Å². The molecule has 4 heteroatoms. The number of nitrogens with one attached hydrogen (secondary N) is 1. The van der Waals surface area contributed by atoms with Crippen molar-refractivity contribution in [2.45, 2.75) is 20.4 Å². The van der Waals surface area contributed by atoms with Gasteiger partial charge in [-0.15, -0.1) is 0 Å². The molecule has 4 nitrogen and oxygen atoms in total. The van der Waals surface area contributed by atoms with Crippen molar-refractivity contribution in [2.24, 2.45) is 0 Å². The van der Waals surface area contributed by atoms with Gasteiger partial charge in [0.15, 0.2) is 0 Å². The lowest BCUT2D eigenvalue weighted by Crippen LogP contribution is -2.23. The largest absolute Gasteiger partial charge is 0.340 e. The number of carbonyl (C=O) groups is 1. The van der Waals surface area contributed by atoms with Crippen molar-refractivity contribution in [1.29, 1.82) is 0 Å². The molecule has 0 bridgehead atoms. The molecule has 0 fully saturated rings. The second kappa shape index (κ2) is 3.38. The third-order valence-corrected chi connectivity index (χ3v) is 1.70. The van der Waals surface area contributed by atoms with Crippen molar-refractivity contribution in [2.75, 3.05) is 7.05 Å². The van der Waals surface area contributed by atoms with E-state index in [-0.39, 0.29) is 5.91 Å². The van der Waals surface area contributed by atoms with E-state index in [0.29, 0.717) is 6.54 Å². The zero-order valence-electron chi connectivity index (χ0n) is 7.59. The Morgan fingerprint density at radius 3 is 2.83 bits per heavy atom. The first-order valence-corrected chi connectivity index (χ1v) is 3.82. The summed E-state index contributed by atoms with van der Waals surface area (Å²) in [5, 5.41) is 6.84. The van der Waals surface area contributed by atoms with Crippen molar-refractivity contribution in [3.05, 3.63) is 17.5 Å². The number of rotatable bonds is 2. The molecule has 1 aromatic rings. The standard InChI is InChI=1S/C8H13N3O/c1-6-4-8(10-9-6)5-11(3)7(2)12/h4H,5H2,1-3H3,(H,9,10). The molecule has 0 saturated carbocycles. The molecule has 0 atom stereocenters.